The van der Waals surface area contributed by atoms with Crippen LogP contribution in [0.15, 0.2) is 53.5 Å². The zero-order chi connectivity index (χ0) is 18.7. The Morgan fingerprint density at radius 1 is 1.27 bits per heavy atom. The van der Waals surface area contributed by atoms with Crippen LogP contribution in [0.4, 0.5) is 0 Å². The van der Waals surface area contributed by atoms with E-state index in [0.29, 0.717) is 28.4 Å². The second-order valence-electron chi connectivity index (χ2n) is 5.88. The van der Waals surface area contributed by atoms with Gasteiger partial charge in [0.25, 0.3) is 5.56 Å². The quantitative estimate of drug-likeness (QED) is 0.691. The molecule has 7 heteroatoms. The molecule has 0 bridgehead atoms. The van der Waals surface area contributed by atoms with Crippen LogP contribution in [0, 0.1) is 0 Å². The molecule has 1 amide bonds. The molecule has 26 heavy (non-hydrogen) atoms. The standard InChI is InChI=1S/C19H18ClN3O3/c1-22(11-13-9-14(20)7-8-17(13)26-2)19(25)12-23-16-6-4-3-5-15(16)21-10-18(23)24/h3-10H,11-12H2,1-2H3. The summed E-state index contributed by atoms with van der Waals surface area (Å²) in [4.78, 5) is 30.5. The average Bonchev–Trinajstić information content (AvgIpc) is 2.64. The fourth-order valence-corrected chi connectivity index (χ4v) is 2.94. The number of rotatable bonds is 5. The maximum Gasteiger partial charge on any atom is 0.269 e. The van der Waals surface area contributed by atoms with Crippen molar-refractivity contribution in [3.8, 4) is 5.75 Å². The lowest BCUT2D eigenvalue weighted by Gasteiger charge is -2.20. The zero-order valence-electron chi connectivity index (χ0n) is 14.5. The minimum Gasteiger partial charge on any atom is -0.496 e. The Morgan fingerprint density at radius 3 is 2.81 bits per heavy atom. The van der Waals surface area contributed by atoms with Crippen molar-refractivity contribution in [3.05, 3.63) is 69.6 Å². The van der Waals surface area contributed by atoms with Gasteiger partial charge in [-0.05, 0) is 30.3 Å². The van der Waals surface area contributed by atoms with Crippen LogP contribution in [-0.2, 0) is 17.9 Å². The highest BCUT2D eigenvalue weighted by atomic mass is 35.5. The monoisotopic (exact) mass is 371 g/mol. The maximum absolute atomic E-state index is 12.7. The molecule has 134 valence electrons. The largest absolute Gasteiger partial charge is 0.496 e. The third-order valence-corrected chi connectivity index (χ3v) is 4.36. The van der Waals surface area contributed by atoms with Crippen LogP contribution in [0.1, 0.15) is 5.56 Å². The Kier molecular flexibility index (Phi) is 5.23. The van der Waals surface area contributed by atoms with Crippen LogP contribution in [0.5, 0.6) is 5.75 Å². The van der Waals surface area contributed by atoms with Gasteiger partial charge >= 0.3 is 0 Å². The van der Waals surface area contributed by atoms with Crippen LogP contribution < -0.4 is 10.3 Å². The summed E-state index contributed by atoms with van der Waals surface area (Å²) in [7, 11) is 3.24. The topological polar surface area (TPSA) is 64.4 Å². The van der Waals surface area contributed by atoms with Gasteiger partial charge in [-0.1, -0.05) is 23.7 Å². The number of hydrogen-bond donors (Lipinski definition) is 0. The molecule has 0 spiro atoms. The average molecular weight is 372 g/mol. The van der Waals surface area contributed by atoms with Crippen molar-refractivity contribution >= 4 is 28.5 Å². The SMILES string of the molecule is COc1ccc(Cl)cc1CN(C)C(=O)Cn1c(=O)cnc2ccccc21. The maximum atomic E-state index is 12.7. The van der Waals surface area contributed by atoms with Gasteiger partial charge in [-0.3, -0.25) is 14.2 Å². The molecule has 0 saturated carbocycles. The number of benzene rings is 2. The third-order valence-electron chi connectivity index (χ3n) is 4.12. The molecule has 3 aromatic rings. The summed E-state index contributed by atoms with van der Waals surface area (Å²) >= 11 is 6.04. The number of ether oxygens (including phenoxy) is 1. The van der Waals surface area contributed by atoms with Crippen molar-refractivity contribution in [2.75, 3.05) is 14.2 Å². The molecule has 0 N–H and O–H groups in total. The molecule has 0 aliphatic rings. The Labute approximate surface area is 155 Å². The Bertz CT molecular complexity index is 1020. The molecule has 0 atom stereocenters. The van der Waals surface area contributed by atoms with Gasteiger partial charge in [0.15, 0.2) is 0 Å². The number of likely N-dealkylation sites (N-methyl/N-ethyl adjacent to an activating group) is 1. The summed E-state index contributed by atoms with van der Waals surface area (Å²) in [5.41, 5.74) is 1.77. The van der Waals surface area contributed by atoms with Gasteiger partial charge in [-0.25, -0.2) is 4.98 Å². The number of hydrogen-bond acceptors (Lipinski definition) is 4. The highest BCUT2D eigenvalue weighted by Gasteiger charge is 2.15. The lowest BCUT2D eigenvalue weighted by Crippen LogP contribution is -2.33. The smallest absolute Gasteiger partial charge is 0.269 e. The first-order valence-electron chi connectivity index (χ1n) is 8.00. The number of carbonyl (C=O) groups is 1. The summed E-state index contributed by atoms with van der Waals surface area (Å²) in [6.07, 6.45) is 1.23. The Balaban J connectivity index is 1.84. The van der Waals surface area contributed by atoms with Crippen LogP contribution >= 0.6 is 11.6 Å². The van der Waals surface area contributed by atoms with Crippen molar-refractivity contribution in [2.24, 2.45) is 0 Å². The van der Waals surface area contributed by atoms with Gasteiger partial charge in [0, 0.05) is 24.2 Å². The van der Waals surface area contributed by atoms with Gasteiger partial charge in [0.1, 0.15) is 12.3 Å². The van der Waals surface area contributed by atoms with Crippen molar-refractivity contribution in [3.63, 3.8) is 0 Å². The highest BCUT2D eigenvalue weighted by molar-refractivity contribution is 6.30. The fraction of sp³-hybridized carbons (Fsp3) is 0.211. The van der Waals surface area contributed by atoms with Gasteiger partial charge in [0.05, 0.1) is 24.3 Å². The number of halogens is 1. The predicted molar refractivity (Wildman–Crippen MR) is 100 cm³/mol. The molecule has 0 unspecified atom stereocenters. The van der Waals surface area contributed by atoms with Gasteiger partial charge in [-0.15, -0.1) is 0 Å². The Morgan fingerprint density at radius 2 is 2.04 bits per heavy atom. The molecule has 0 saturated heterocycles. The molecule has 2 aromatic carbocycles. The van der Waals surface area contributed by atoms with Crippen molar-refractivity contribution in [1.29, 1.82) is 0 Å². The summed E-state index contributed by atoms with van der Waals surface area (Å²) in [5, 5.41) is 0.568. The van der Waals surface area contributed by atoms with E-state index >= 15 is 0 Å². The number of fused-ring (bicyclic) bond motifs is 1. The minimum absolute atomic E-state index is 0.0682. The zero-order valence-corrected chi connectivity index (χ0v) is 15.2. The van der Waals surface area contributed by atoms with E-state index in [0.717, 1.165) is 5.56 Å². The molecular weight excluding hydrogens is 354 g/mol. The molecule has 3 rings (SSSR count). The molecule has 6 nitrogen and oxygen atoms in total. The number of methoxy groups -OCH3 is 1. The summed E-state index contributed by atoms with van der Waals surface area (Å²) < 4.78 is 6.74. The number of carbonyl (C=O) groups excluding carboxylic acids is 1. The number of aromatic nitrogens is 2. The summed E-state index contributed by atoms with van der Waals surface area (Å²) in [6.45, 7) is 0.252. The first-order valence-corrected chi connectivity index (χ1v) is 8.38. The lowest BCUT2D eigenvalue weighted by molar-refractivity contribution is -0.131. The van der Waals surface area contributed by atoms with Crippen LogP contribution in [0.3, 0.4) is 0 Å². The molecule has 0 radical (unpaired) electrons. The van der Waals surface area contributed by atoms with E-state index in [9.17, 15) is 9.59 Å². The Hall–Kier alpha value is -2.86. The number of amides is 1. The second kappa shape index (κ2) is 7.58. The lowest BCUT2D eigenvalue weighted by atomic mass is 10.2. The van der Waals surface area contributed by atoms with Crippen LogP contribution in [-0.4, -0.2) is 34.5 Å². The van der Waals surface area contributed by atoms with E-state index in [2.05, 4.69) is 4.98 Å². The van der Waals surface area contributed by atoms with Gasteiger partial charge in [0.2, 0.25) is 5.91 Å². The third kappa shape index (κ3) is 3.70. The number of nitrogens with zero attached hydrogens (tertiary/aromatic N) is 3. The van der Waals surface area contributed by atoms with E-state index < -0.39 is 0 Å². The van der Waals surface area contributed by atoms with E-state index in [1.54, 1.807) is 44.5 Å². The molecule has 0 fully saturated rings. The van der Waals surface area contributed by atoms with E-state index in [4.69, 9.17) is 16.3 Å². The summed E-state index contributed by atoms with van der Waals surface area (Å²) in [5.74, 6) is 0.450. The van der Waals surface area contributed by atoms with Gasteiger partial charge in [-0.2, -0.15) is 0 Å². The van der Waals surface area contributed by atoms with Crippen LogP contribution in [0.2, 0.25) is 5.02 Å². The number of para-hydroxylation sites is 2. The minimum atomic E-state index is -0.314. The molecule has 1 heterocycles. The second-order valence-corrected chi connectivity index (χ2v) is 6.31. The molecule has 0 aliphatic carbocycles. The molecule has 1 aromatic heterocycles. The fourth-order valence-electron chi connectivity index (χ4n) is 2.75. The predicted octanol–water partition coefficient (Wildman–Crippen LogP) is 2.72. The van der Waals surface area contributed by atoms with E-state index in [1.165, 1.54) is 15.7 Å². The molecular formula is C19H18ClN3O3. The van der Waals surface area contributed by atoms with Crippen LogP contribution in [0.25, 0.3) is 11.0 Å². The van der Waals surface area contributed by atoms with E-state index in [-0.39, 0.29) is 18.0 Å². The normalized spacial score (nSPS) is 10.7. The van der Waals surface area contributed by atoms with Crippen molar-refractivity contribution < 1.29 is 9.53 Å². The van der Waals surface area contributed by atoms with E-state index in [1.807, 2.05) is 12.1 Å². The highest BCUT2D eigenvalue weighted by Crippen LogP contribution is 2.23. The van der Waals surface area contributed by atoms with Crippen molar-refractivity contribution in [2.45, 2.75) is 13.1 Å². The first-order chi connectivity index (χ1) is 12.5. The first kappa shape index (κ1) is 17.9. The van der Waals surface area contributed by atoms with Crippen molar-refractivity contribution in [1.82, 2.24) is 14.5 Å². The molecule has 0 aliphatic heterocycles. The summed E-state index contributed by atoms with van der Waals surface area (Å²) in [6, 6.07) is 12.5. The van der Waals surface area contributed by atoms with Gasteiger partial charge < -0.3 is 9.64 Å².